The predicted molar refractivity (Wildman–Crippen MR) is 219 cm³/mol. The zero-order chi connectivity index (χ0) is 35.9. The molecule has 0 bridgehead atoms. The minimum absolute atomic E-state index is 0.169. The summed E-state index contributed by atoms with van der Waals surface area (Å²) in [4.78, 5) is 0. The third kappa shape index (κ3) is 6.09. The first-order valence-corrected chi connectivity index (χ1v) is 22.3. The lowest BCUT2D eigenvalue weighted by Crippen LogP contribution is -2.50. The van der Waals surface area contributed by atoms with Gasteiger partial charge in [0.25, 0.3) is 0 Å². The molecule has 0 saturated heterocycles. The summed E-state index contributed by atoms with van der Waals surface area (Å²) >= 11 is 0. The van der Waals surface area contributed by atoms with Crippen LogP contribution in [0.3, 0.4) is 0 Å². The molecular weight excluding hydrogens is 609 g/mol. The van der Waals surface area contributed by atoms with Crippen LogP contribution in [0.1, 0.15) is 148 Å². The summed E-state index contributed by atoms with van der Waals surface area (Å²) in [5.41, 5.74) is 11.7. The fraction of sp³-hybridized carbons (Fsp3) is 0.625. The Morgan fingerprint density at radius 1 is 0.776 bits per heavy atom. The van der Waals surface area contributed by atoms with E-state index in [1.165, 1.54) is 54.4 Å². The van der Waals surface area contributed by atoms with E-state index in [2.05, 4.69) is 162 Å². The molecule has 0 heterocycles. The molecule has 1 heteroatoms. The van der Waals surface area contributed by atoms with Crippen LogP contribution in [0.4, 0.5) is 0 Å². The van der Waals surface area contributed by atoms with Gasteiger partial charge >= 0.3 is 0 Å². The molecule has 3 aromatic carbocycles. The van der Waals surface area contributed by atoms with E-state index in [-0.39, 0.29) is 16.2 Å². The summed E-state index contributed by atoms with van der Waals surface area (Å²) in [7, 11) is -1.10. The lowest BCUT2D eigenvalue weighted by Gasteiger charge is -2.63. The monoisotopic (exact) mass is 679 g/mol. The van der Waals surface area contributed by atoms with Crippen LogP contribution in [0.15, 0.2) is 66.7 Å². The number of hydrogen-bond acceptors (Lipinski definition) is 0. The van der Waals surface area contributed by atoms with Gasteiger partial charge in [-0.05, 0) is 134 Å². The van der Waals surface area contributed by atoms with Crippen molar-refractivity contribution in [1.29, 1.82) is 0 Å². The van der Waals surface area contributed by atoms with Crippen molar-refractivity contribution in [2.75, 3.05) is 12.5 Å². The molecule has 2 saturated carbocycles. The molecule has 0 aromatic heterocycles. The van der Waals surface area contributed by atoms with E-state index in [1.54, 1.807) is 16.7 Å². The Bertz CT molecular complexity index is 1620. The van der Waals surface area contributed by atoms with Crippen molar-refractivity contribution in [3.05, 3.63) is 94.5 Å². The average Bonchev–Trinajstić information content (AvgIpc) is 3.34. The van der Waals surface area contributed by atoms with E-state index in [0.717, 1.165) is 17.1 Å². The molecular formula is C48H70S. The maximum atomic E-state index is 2.81. The second-order valence-electron chi connectivity index (χ2n) is 20.4. The van der Waals surface area contributed by atoms with Gasteiger partial charge in [-0.3, -0.25) is 0 Å². The minimum Gasteiger partial charge on any atom is -0.236 e. The molecule has 0 aliphatic heterocycles. The molecule has 7 atom stereocenters. The highest BCUT2D eigenvalue weighted by molar-refractivity contribution is 8.33. The molecule has 268 valence electrons. The largest absolute Gasteiger partial charge is 0.236 e. The molecule has 0 radical (unpaired) electrons. The van der Waals surface area contributed by atoms with Gasteiger partial charge in [-0.25, -0.2) is 10.0 Å². The first-order valence-electron chi connectivity index (χ1n) is 19.8. The van der Waals surface area contributed by atoms with Crippen LogP contribution in [-0.2, 0) is 17.3 Å². The molecule has 0 nitrogen and oxygen atoms in total. The van der Waals surface area contributed by atoms with Crippen molar-refractivity contribution >= 4 is 10.0 Å². The maximum absolute atomic E-state index is 2.81. The summed E-state index contributed by atoms with van der Waals surface area (Å²) in [6.45, 7) is 29.8. The van der Waals surface area contributed by atoms with Gasteiger partial charge in [0.15, 0.2) is 0 Å². The molecule has 0 N–H and O–H groups in total. The Labute approximate surface area is 304 Å². The van der Waals surface area contributed by atoms with Crippen LogP contribution in [0.2, 0.25) is 0 Å². The standard InChI is InChI=1S/C48H70S/c1-31(2)48-28-16-19-39(35-22-26-37(27-23-35)46(8,9)10)42(48)29-32(3)43(48)49(13,14)44-40-18-15-17-38(41(40)30-33(4)47(44,11)12)34-20-24-36(25-21-34)45(5,6)7/h15,17-18,20-27,31-33,39,42-44H,16,19,28-30H2,1-14H3. The molecule has 3 aliphatic rings. The van der Waals surface area contributed by atoms with Crippen LogP contribution in [0.25, 0.3) is 11.1 Å². The lowest BCUT2D eigenvalue weighted by atomic mass is 9.57. The first-order chi connectivity index (χ1) is 22.7. The summed E-state index contributed by atoms with van der Waals surface area (Å²) in [5.74, 6) is 3.52. The molecule has 3 aliphatic carbocycles. The number of benzene rings is 3. The van der Waals surface area contributed by atoms with Crippen LogP contribution in [0.5, 0.6) is 0 Å². The van der Waals surface area contributed by atoms with Crippen molar-refractivity contribution in [3.8, 4) is 11.1 Å². The molecule has 7 unspecified atom stereocenters. The molecule has 49 heavy (non-hydrogen) atoms. The van der Waals surface area contributed by atoms with Gasteiger partial charge < -0.3 is 0 Å². The fourth-order valence-electron chi connectivity index (χ4n) is 12.0. The summed E-state index contributed by atoms with van der Waals surface area (Å²) < 4.78 is 0. The molecule has 3 aromatic rings. The third-order valence-corrected chi connectivity index (χ3v) is 18.8. The molecule has 2 fully saturated rings. The second-order valence-corrected chi connectivity index (χ2v) is 24.3. The van der Waals surface area contributed by atoms with Gasteiger partial charge in [-0.15, -0.1) is 0 Å². The van der Waals surface area contributed by atoms with Gasteiger partial charge in [0.1, 0.15) is 0 Å². The fourth-order valence-corrected chi connectivity index (χ4v) is 18.0. The maximum Gasteiger partial charge on any atom is 0.0195 e. The Morgan fingerprint density at radius 3 is 1.90 bits per heavy atom. The smallest absolute Gasteiger partial charge is 0.0195 e. The lowest BCUT2D eigenvalue weighted by molar-refractivity contribution is 0.0554. The van der Waals surface area contributed by atoms with Crippen molar-refractivity contribution in [2.24, 2.45) is 34.5 Å². The van der Waals surface area contributed by atoms with E-state index in [4.69, 9.17) is 0 Å². The third-order valence-electron chi connectivity index (χ3n) is 14.5. The highest BCUT2D eigenvalue weighted by atomic mass is 32.3. The van der Waals surface area contributed by atoms with Gasteiger partial charge in [0, 0.05) is 5.25 Å². The van der Waals surface area contributed by atoms with Gasteiger partial charge in [-0.2, -0.15) is 0 Å². The zero-order valence-electron chi connectivity index (χ0n) is 33.8. The SMILES string of the molecule is CC1CC2C(c3ccc(C(C)(C)C)cc3)CCCC2(C(C)C)C1S(C)(C)C1c2cccc(-c3ccc(C(C)(C)C)cc3)c2CC(C)C1(C)C. The van der Waals surface area contributed by atoms with E-state index in [9.17, 15) is 0 Å². The second kappa shape index (κ2) is 12.6. The quantitative estimate of drug-likeness (QED) is 0.252. The Kier molecular flexibility index (Phi) is 9.46. The van der Waals surface area contributed by atoms with Crippen LogP contribution < -0.4 is 0 Å². The van der Waals surface area contributed by atoms with Gasteiger partial charge in [-0.1, -0.05) is 156 Å². The summed E-state index contributed by atoms with van der Waals surface area (Å²) in [6.07, 6.45) is 12.3. The van der Waals surface area contributed by atoms with E-state index < -0.39 is 10.0 Å². The highest BCUT2D eigenvalue weighted by Crippen LogP contribution is 2.78. The highest BCUT2D eigenvalue weighted by Gasteiger charge is 2.63. The van der Waals surface area contributed by atoms with E-state index >= 15 is 0 Å². The van der Waals surface area contributed by atoms with Crippen molar-refractivity contribution in [2.45, 2.75) is 142 Å². The molecule has 0 spiro atoms. The van der Waals surface area contributed by atoms with Crippen LogP contribution in [-0.4, -0.2) is 17.8 Å². The van der Waals surface area contributed by atoms with E-state index in [1.807, 2.05) is 0 Å². The van der Waals surface area contributed by atoms with Crippen LogP contribution >= 0.6 is 10.0 Å². The van der Waals surface area contributed by atoms with Gasteiger partial charge in [0.05, 0.1) is 0 Å². The normalized spacial score (nSPS) is 30.6. The Balaban J connectivity index is 1.44. The average molecular weight is 679 g/mol. The van der Waals surface area contributed by atoms with Crippen molar-refractivity contribution in [3.63, 3.8) is 0 Å². The number of hydrogen-bond donors (Lipinski definition) is 0. The summed E-state index contributed by atoms with van der Waals surface area (Å²) in [5, 5.41) is 1.35. The predicted octanol–water partition coefficient (Wildman–Crippen LogP) is 13.9. The topological polar surface area (TPSA) is 0 Å². The Hall–Kier alpha value is -1.99. The van der Waals surface area contributed by atoms with Gasteiger partial charge in [0.2, 0.25) is 0 Å². The molecule has 0 amide bonds. The van der Waals surface area contributed by atoms with E-state index in [0.29, 0.717) is 28.4 Å². The van der Waals surface area contributed by atoms with Crippen molar-refractivity contribution in [1.82, 2.24) is 0 Å². The Morgan fingerprint density at radius 2 is 1.35 bits per heavy atom. The summed E-state index contributed by atoms with van der Waals surface area (Å²) in [6, 6.07) is 26.9. The number of fused-ring (bicyclic) bond motifs is 2. The minimum atomic E-state index is -1.10. The zero-order valence-corrected chi connectivity index (χ0v) is 34.7. The number of rotatable bonds is 5. The molecule has 6 rings (SSSR count). The van der Waals surface area contributed by atoms with Crippen molar-refractivity contribution < 1.29 is 0 Å². The van der Waals surface area contributed by atoms with Crippen LogP contribution in [0, 0.1) is 34.5 Å². The first kappa shape index (κ1) is 36.8.